The third kappa shape index (κ3) is 2.65. The predicted octanol–water partition coefficient (Wildman–Crippen LogP) is -0.303. The van der Waals surface area contributed by atoms with E-state index in [9.17, 15) is 4.79 Å². The van der Waals surface area contributed by atoms with Gasteiger partial charge in [0.2, 0.25) is 0 Å². The number of carbonyl (C=O) groups excluding carboxylic acids is 1. The van der Waals surface area contributed by atoms with Crippen LogP contribution in [0.5, 0.6) is 0 Å². The van der Waals surface area contributed by atoms with Crippen LogP contribution in [0.4, 0.5) is 0 Å². The summed E-state index contributed by atoms with van der Waals surface area (Å²) in [5.41, 5.74) is 5.48. The number of methoxy groups -OCH3 is 1. The molecule has 1 fully saturated rings. The third-order valence-electron chi connectivity index (χ3n) is 1.49. The van der Waals surface area contributed by atoms with E-state index in [1.54, 1.807) is 0 Å². The van der Waals surface area contributed by atoms with Gasteiger partial charge in [0.15, 0.2) is 6.10 Å². The summed E-state index contributed by atoms with van der Waals surface area (Å²) in [5, 5.41) is 0. The van der Waals surface area contributed by atoms with Gasteiger partial charge in [0.25, 0.3) is 0 Å². The first kappa shape index (κ1) is 10.7. The number of hydrogen-bond donors (Lipinski definition) is 1. The Kier molecular flexibility index (Phi) is 4.40. The van der Waals surface area contributed by atoms with Crippen molar-refractivity contribution in [1.29, 1.82) is 0 Å². The second-order valence-electron chi connectivity index (χ2n) is 2.34. The van der Waals surface area contributed by atoms with Crippen molar-refractivity contribution in [2.45, 2.75) is 18.6 Å². The zero-order chi connectivity index (χ0) is 7.56. The fourth-order valence-corrected chi connectivity index (χ4v) is 0.947. The number of carbonyl (C=O) groups is 1. The molecule has 4 nitrogen and oxygen atoms in total. The summed E-state index contributed by atoms with van der Waals surface area (Å²) in [6.07, 6.45) is 0.146. The second kappa shape index (κ2) is 4.54. The van der Waals surface area contributed by atoms with Crippen molar-refractivity contribution in [2.75, 3.05) is 13.7 Å². The summed E-state index contributed by atoms with van der Waals surface area (Å²) in [6, 6.07) is -0.0101. The summed E-state index contributed by atoms with van der Waals surface area (Å²) in [7, 11) is 1.34. The van der Waals surface area contributed by atoms with E-state index >= 15 is 0 Å². The lowest BCUT2D eigenvalue weighted by molar-refractivity contribution is -0.151. The zero-order valence-electron chi connectivity index (χ0n) is 6.28. The molecule has 0 saturated carbocycles. The van der Waals surface area contributed by atoms with Gasteiger partial charge >= 0.3 is 5.97 Å². The Labute approximate surface area is 71.4 Å². The van der Waals surface area contributed by atoms with Gasteiger partial charge in [-0.15, -0.1) is 12.4 Å². The smallest absolute Gasteiger partial charge is 0.335 e. The lowest BCUT2D eigenvalue weighted by atomic mass is 10.2. The van der Waals surface area contributed by atoms with Crippen molar-refractivity contribution in [1.82, 2.24) is 0 Å². The first-order valence-electron chi connectivity index (χ1n) is 3.19. The summed E-state index contributed by atoms with van der Waals surface area (Å²) in [4.78, 5) is 10.8. The molecule has 1 saturated heterocycles. The molecule has 66 valence electrons. The SMILES string of the molecule is COC(=O)C1CC(N)CO1.Cl. The Balaban J connectivity index is 0.000001000. The molecule has 0 radical (unpaired) electrons. The summed E-state index contributed by atoms with van der Waals surface area (Å²) >= 11 is 0. The van der Waals surface area contributed by atoms with Crippen molar-refractivity contribution >= 4 is 18.4 Å². The van der Waals surface area contributed by atoms with E-state index < -0.39 is 6.10 Å². The second-order valence-corrected chi connectivity index (χ2v) is 2.34. The monoisotopic (exact) mass is 181 g/mol. The molecule has 1 aliphatic rings. The number of ether oxygens (including phenoxy) is 2. The minimum Gasteiger partial charge on any atom is -0.467 e. The zero-order valence-corrected chi connectivity index (χ0v) is 7.10. The number of rotatable bonds is 1. The van der Waals surface area contributed by atoms with E-state index in [1.165, 1.54) is 7.11 Å². The van der Waals surface area contributed by atoms with Crippen LogP contribution >= 0.6 is 12.4 Å². The molecule has 2 unspecified atom stereocenters. The maximum Gasteiger partial charge on any atom is 0.335 e. The first-order chi connectivity index (χ1) is 4.74. The van der Waals surface area contributed by atoms with Crippen molar-refractivity contribution in [3.8, 4) is 0 Å². The van der Waals surface area contributed by atoms with Crippen molar-refractivity contribution in [2.24, 2.45) is 5.73 Å². The molecule has 1 rings (SSSR count). The fraction of sp³-hybridized carbons (Fsp3) is 0.833. The topological polar surface area (TPSA) is 61.5 Å². The van der Waals surface area contributed by atoms with Crippen LogP contribution < -0.4 is 5.73 Å². The Morgan fingerprint density at radius 2 is 2.36 bits per heavy atom. The highest BCUT2D eigenvalue weighted by molar-refractivity contribution is 5.85. The third-order valence-corrected chi connectivity index (χ3v) is 1.49. The van der Waals surface area contributed by atoms with Crippen LogP contribution in [0.1, 0.15) is 6.42 Å². The molecule has 1 aliphatic heterocycles. The van der Waals surface area contributed by atoms with E-state index in [0.29, 0.717) is 13.0 Å². The average Bonchev–Trinajstić information content (AvgIpc) is 2.34. The molecule has 0 aromatic rings. The molecule has 0 aliphatic carbocycles. The number of halogens is 1. The number of esters is 1. The van der Waals surface area contributed by atoms with Gasteiger partial charge < -0.3 is 15.2 Å². The quantitative estimate of drug-likeness (QED) is 0.565. The largest absolute Gasteiger partial charge is 0.467 e. The van der Waals surface area contributed by atoms with Gasteiger partial charge in [0.1, 0.15) is 0 Å². The van der Waals surface area contributed by atoms with Gasteiger partial charge in [-0.05, 0) is 0 Å². The molecule has 0 spiro atoms. The molecule has 0 aromatic carbocycles. The molecule has 2 atom stereocenters. The Morgan fingerprint density at radius 1 is 1.73 bits per heavy atom. The van der Waals surface area contributed by atoms with E-state index in [1.807, 2.05) is 0 Å². The van der Waals surface area contributed by atoms with Gasteiger partial charge in [-0.1, -0.05) is 0 Å². The van der Waals surface area contributed by atoms with E-state index in [4.69, 9.17) is 10.5 Å². The highest BCUT2D eigenvalue weighted by Crippen LogP contribution is 2.11. The van der Waals surface area contributed by atoms with Crippen LogP contribution in [-0.2, 0) is 14.3 Å². The van der Waals surface area contributed by atoms with Crippen molar-refractivity contribution in [3.63, 3.8) is 0 Å². The number of nitrogens with two attached hydrogens (primary N) is 1. The maximum absolute atomic E-state index is 10.8. The minimum atomic E-state index is -0.431. The van der Waals surface area contributed by atoms with Crippen LogP contribution in [0.15, 0.2) is 0 Å². The molecular weight excluding hydrogens is 170 g/mol. The molecular formula is C6H12ClNO3. The van der Waals surface area contributed by atoms with E-state index in [-0.39, 0.29) is 24.4 Å². The lowest BCUT2D eigenvalue weighted by Gasteiger charge is -2.04. The summed E-state index contributed by atoms with van der Waals surface area (Å²) in [5.74, 6) is -0.326. The van der Waals surface area contributed by atoms with Crippen molar-refractivity contribution < 1.29 is 14.3 Å². The van der Waals surface area contributed by atoms with Crippen LogP contribution in [0.2, 0.25) is 0 Å². The standard InChI is InChI=1S/C6H11NO3.ClH/c1-9-6(8)5-2-4(7)3-10-5;/h4-5H,2-3,7H2,1H3;1H. The Hall–Kier alpha value is -0.320. The molecule has 11 heavy (non-hydrogen) atoms. The molecule has 2 N–H and O–H groups in total. The molecule has 0 amide bonds. The van der Waals surface area contributed by atoms with E-state index in [2.05, 4.69) is 4.74 Å². The van der Waals surface area contributed by atoms with Crippen LogP contribution in [0.25, 0.3) is 0 Å². The van der Waals surface area contributed by atoms with Crippen LogP contribution in [0, 0.1) is 0 Å². The predicted molar refractivity (Wildman–Crippen MR) is 41.6 cm³/mol. The van der Waals surface area contributed by atoms with Gasteiger partial charge in [-0.25, -0.2) is 4.79 Å². The lowest BCUT2D eigenvalue weighted by Crippen LogP contribution is -2.23. The molecule has 0 bridgehead atoms. The van der Waals surface area contributed by atoms with Gasteiger partial charge in [0, 0.05) is 12.5 Å². The fourth-order valence-electron chi connectivity index (χ4n) is 0.947. The van der Waals surface area contributed by atoms with Gasteiger partial charge in [0.05, 0.1) is 13.7 Å². The average molecular weight is 182 g/mol. The maximum atomic E-state index is 10.8. The molecule has 5 heteroatoms. The minimum absolute atomic E-state index is 0. The van der Waals surface area contributed by atoms with Gasteiger partial charge in [-0.2, -0.15) is 0 Å². The summed E-state index contributed by atoms with van der Waals surface area (Å²) < 4.78 is 9.48. The van der Waals surface area contributed by atoms with Crippen molar-refractivity contribution in [3.05, 3.63) is 0 Å². The molecule has 1 heterocycles. The normalized spacial score (nSPS) is 29.3. The van der Waals surface area contributed by atoms with Crippen LogP contribution in [-0.4, -0.2) is 31.8 Å². The van der Waals surface area contributed by atoms with Crippen LogP contribution in [0.3, 0.4) is 0 Å². The van der Waals surface area contributed by atoms with Gasteiger partial charge in [-0.3, -0.25) is 0 Å². The Bertz CT molecular complexity index is 142. The highest BCUT2D eigenvalue weighted by atomic mass is 35.5. The first-order valence-corrected chi connectivity index (χ1v) is 3.19. The number of hydrogen-bond acceptors (Lipinski definition) is 4. The molecule has 0 aromatic heterocycles. The Morgan fingerprint density at radius 3 is 2.73 bits per heavy atom. The summed E-state index contributed by atoms with van der Waals surface area (Å²) in [6.45, 7) is 0.458. The highest BCUT2D eigenvalue weighted by Gasteiger charge is 2.29. The van der Waals surface area contributed by atoms with E-state index in [0.717, 1.165) is 0 Å².